The molecule has 0 radical (unpaired) electrons. The smallest absolute Gasteiger partial charge is 0.0692 e. The van der Waals surface area contributed by atoms with E-state index in [2.05, 4.69) is 78.0 Å². The molecule has 1 aliphatic rings. The second-order valence-corrected chi connectivity index (χ2v) is 9.01. The third-order valence-corrected chi connectivity index (χ3v) is 5.74. The zero-order chi connectivity index (χ0) is 17.4. The van der Waals surface area contributed by atoms with Crippen LogP contribution < -0.4 is 5.32 Å². The minimum absolute atomic E-state index is 0.0760. The molecule has 130 valence electrons. The van der Waals surface area contributed by atoms with Gasteiger partial charge in [-0.05, 0) is 41.4 Å². The van der Waals surface area contributed by atoms with Gasteiger partial charge in [0, 0.05) is 24.3 Å². The summed E-state index contributed by atoms with van der Waals surface area (Å²) in [5, 5.41) is 3.81. The minimum atomic E-state index is 0.0760. The Morgan fingerprint density at radius 3 is 2.13 bits per heavy atom. The van der Waals surface area contributed by atoms with Gasteiger partial charge in [0.25, 0.3) is 0 Å². The minimum Gasteiger partial charge on any atom is -0.381 e. The molecule has 0 aromatic heterocycles. The van der Waals surface area contributed by atoms with Gasteiger partial charge in [-0.2, -0.15) is 0 Å². The van der Waals surface area contributed by atoms with Crippen molar-refractivity contribution in [2.24, 2.45) is 16.7 Å². The first-order chi connectivity index (χ1) is 10.6. The molecule has 23 heavy (non-hydrogen) atoms. The van der Waals surface area contributed by atoms with Crippen LogP contribution in [0.25, 0.3) is 0 Å². The number of rotatable bonds is 4. The van der Waals surface area contributed by atoms with E-state index >= 15 is 0 Å². The van der Waals surface area contributed by atoms with Gasteiger partial charge >= 0.3 is 0 Å². The van der Waals surface area contributed by atoms with Crippen molar-refractivity contribution in [3.05, 3.63) is 29.8 Å². The Hall–Kier alpha value is -1.02. The lowest BCUT2D eigenvalue weighted by molar-refractivity contribution is -0.121. The molecule has 0 aliphatic heterocycles. The van der Waals surface area contributed by atoms with Crippen molar-refractivity contribution in [2.45, 2.75) is 73.0 Å². The SMILES string of the molecule is COC1C(C)(C)CC(C)C(Nc2ccc(C(C)C)cc2)C1(C)C. The Morgan fingerprint density at radius 2 is 1.65 bits per heavy atom. The zero-order valence-electron chi connectivity index (χ0n) is 16.2. The van der Waals surface area contributed by atoms with Crippen molar-refractivity contribution in [1.29, 1.82) is 0 Å². The Labute approximate surface area is 143 Å². The highest BCUT2D eigenvalue weighted by Crippen LogP contribution is 2.50. The van der Waals surface area contributed by atoms with Crippen molar-refractivity contribution >= 4 is 5.69 Å². The molecule has 2 rings (SSSR count). The summed E-state index contributed by atoms with van der Waals surface area (Å²) >= 11 is 0. The van der Waals surface area contributed by atoms with Gasteiger partial charge in [-0.15, -0.1) is 0 Å². The fourth-order valence-corrected chi connectivity index (χ4v) is 5.05. The molecular weight excluding hydrogens is 282 g/mol. The molecule has 0 spiro atoms. The number of hydrogen-bond acceptors (Lipinski definition) is 2. The lowest BCUT2D eigenvalue weighted by Gasteiger charge is -2.55. The van der Waals surface area contributed by atoms with Gasteiger partial charge in [-0.25, -0.2) is 0 Å². The summed E-state index contributed by atoms with van der Waals surface area (Å²) in [5.74, 6) is 1.18. The molecule has 3 atom stereocenters. The number of ether oxygens (including phenoxy) is 1. The van der Waals surface area contributed by atoms with Crippen LogP contribution >= 0.6 is 0 Å². The number of methoxy groups -OCH3 is 1. The van der Waals surface area contributed by atoms with Crippen molar-refractivity contribution in [2.75, 3.05) is 12.4 Å². The van der Waals surface area contributed by atoms with Crippen LogP contribution in [0, 0.1) is 16.7 Å². The van der Waals surface area contributed by atoms with E-state index in [1.807, 2.05) is 7.11 Å². The lowest BCUT2D eigenvalue weighted by Crippen LogP contribution is -2.59. The van der Waals surface area contributed by atoms with Gasteiger partial charge in [0.2, 0.25) is 0 Å². The second kappa shape index (κ2) is 6.47. The number of hydrogen-bond donors (Lipinski definition) is 1. The van der Waals surface area contributed by atoms with Crippen molar-refractivity contribution in [3.8, 4) is 0 Å². The maximum atomic E-state index is 5.95. The third-order valence-electron chi connectivity index (χ3n) is 5.74. The third kappa shape index (κ3) is 3.57. The van der Waals surface area contributed by atoms with Crippen LogP contribution in [-0.2, 0) is 4.74 Å². The number of nitrogens with one attached hydrogen (secondary N) is 1. The predicted octanol–water partition coefficient (Wildman–Crippen LogP) is 5.70. The summed E-state index contributed by atoms with van der Waals surface area (Å²) in [6.07, 6.45) is 1.43. The van der Waals surface area contributed by atoms with E-state index in [-0.39, 0.29) is 16.9 Å². The van der Waals surface area contributed by atoms with Crippen LogP contribution in [0.2, 0.25) is 0 Å². The summed E-state index contributed by atoms with van der Waals surface area (Å²) in [5.41, 5.74) is 2.89. The normalized spacial score (nSPS) is 29.5. The first-order valence-electron chi connectivity index (χ1n) is 8.99. The molecule has 1 saturated carbocycles. The molecule has 1 aliphatic carbocycles. The molecule has 0 heterocycles. The monoisotopic (exact) mass is 317 g/mol. The first kappa shape index (κ1) is 18.3. The average Bonchev–Trinajstić information content (AvgIpc) is 2.43. The van der Waals surface area contributed by atoms with Crippen LogP contribution in [0.5, 0.6) is 0 Å². The molecule has 1 aromatic carbocycles. The fourth-order valence-electron chi connectivity index (χ4n) is 5.05. The van der Waals surface area contributed by atoms with E-state index in [0.717, 1.165) is 0 Å². The largest absolute Gasteiger partial charge is 0.381 e. The molecular formula is C21H35NO. The Morgan fingerprint density at radius 1 is 1.09 bits per heavy atom. The molecule has 2 nitrogen and oxygen atoms in total. The highest BCUT2D eigenvalue weighted by atomic mass is 16.5. The average molecular weight is 318 g/mol. The Balaban J connectivity index is 2.23. The van der Waals surface area contributed by atoms with Gasteiger partial charge in [0.15, 0.2) is 0 Å². The molecule has 3 unspecified atom stereocenters. The number of benzene rings is 1. The quantitative estimate of drug-likeness (QED) is 0.769. The van der Waals surface area contributed by atoms with Crippen molar-refractivity contribution in [3.63, 3.8) is 0 Å². The maximum absolute atomic E-state index is 5.95. The topological polar surface area (TPSA) is 21.3 Å². The maximum Gasteiger partial charge on any atom is 0.0692 e. The van der Waals surface area contributed by atoms with E-state index in [1.165, 1.54) is 17.7 Å². The molecule has 0 saturated heterocycles. The number of anilines is 1. The fraction of sp³-hybridized carbons (Fsp3) is 0.714. The summed E-state index contributed by atoms with van der Waals surface area (Å²) < 4.78 is 5.95. The molecule has 1 N–H and O–H groups in total. The van der Waals surface area contributed by atoms with Crippen molar-refractivity contribution in [1.82, 2.24) is 0 Å². The summed E-state index contributed by atoms with van der Waals surface area (Å²) in [6, 6.07) is 9.33. The molecule has 0 bridgehead atoms. The molecule has 1 aromatic rings. The van der Waals surface area contributed by atoms with Gasteiger partial charge < -0.3 is 10.1 Å². The zero-order valence-corrected chi connectivity index (χ0v) is 16.2. The van der Waals surface area contributed by atoms with Crippen LogP contribution in [-0.4, -0.2) is 19.3 Å². The van der Waals surface area contributed by atoms with Gasteiger partial charge in [-0.3, -0.25) is 0 Å². The molecule has 0 amide bonds. The van der Waals surface area contributed by atoms with Gasteiger partial charge in [0.05, 0.1) is 6.10 Å². The Kier molecular flexibility index (Phi) is 5.15. The molecule has 1 fully saturated rings. The van der Waals surface area contributed by atoms with Crippen LogP contribution in [0.1, 0.15) is 66.4 Å². The second-order valence-electron chi connectivity index (χ2n) is 9.01. The van der Waals surface area contributed by atoms with E-state index in [1.54, 1.807) is 0 Å². The Bertz CT molecular complexity index is 515. The van der Waals surface area contributed by atoms with Gasteiger partial charge in [0.1, 0.15) is 0 Å². The van der Waals surface area contributed by atoms with E-state index in [4.69, 9.17) is 4.74 Å². The van der Waals surface area contributed by atoms with E-state index < -0.39 is 0 Å². The summed E-state index contributed by atoms with van der Waals surface area (Å²) in [7, 11) is 1.86. The van der Waals surface area contributed by atoms with Crippen LogP contribution in [0.15, 0.2) is 24.3 Å². The molecule has 2 heteroatoms. The lowest BCUT2D eigenvalue weighted by atomic mass is 9.57. The van der Waals surface area contributed by atoms with E-state index in [9.17, 15) is 0 Å². The predicted molar refractivity (Wildman–Crippen MR) is 100 cm³/mol. The van der Waals surface area contributed by atoms with E-state index in [0.29, 0.717) is 17.9 Å². The standard InChI is InChI=1S/C21H35NO/c1-14(2)16-9-11-17(12-10-16)22-18-15(3)13-20(4,5)19(23-8)21(18,6)7/h9-12,14-15,18-19,22H,13H2,1-8H3. The van der Waals surface area contributed by atoms with Crippen molar-refractivity contribution < 1.29 is 4.74 Å². The highest BCUT2D eigenvalue weighted by Gasteiger charge is 2.52. The first-order valence-corrected chi connectivity index (χ1v) is 8.99. The van der Waals surface area contributed by atoms with Crippen LogP contribution in [0.3, 0.4) is 0 Å². The van der Waals surface area contributed by atoms with Crippen LogP contribution in [0.4, 0.5) is 5.69 Å². The summed E-state index contributed by atoms with van der Waals surface area (Å²) in [4.78, 5) is 0. The van der Waals surface area contributed by atoms with Gasteiger partial charge in [-0.1, -0.05) is 60.6 Å². The summed E-state index contributed by atoms with van der Waals surface area (Å²) in [6.45, 7) is 16.2. The highest BCUT2D eigenvalue weighted by molar-refractivity contribution is 5.47.